The molecular weight excluding hydrogens is 249 g/mol. The van der Waals surface area contributed by atoms with Crippen molar-refractivity contribution >= 4 is 11.6 Å². The van der Waals surface area contributed by atoms with E-state index in [1.165, 1.54) is 0 Å². The molecule has 2 aromatic rings. The molecule has 0 amide bonds. The summed E-state index contributed by atoms with van der Waals surface area (Å²) in [7, 11) is 0. The Balaban J connectivity index is 2.21. The van der Waals surface area contributed by atoms with Crippen molar-refractivity contribution in [1.82, 2.24) is 0 Å². The third-order valence-electron chi connectivity index (χ3n) is 2.94. The predicted octanol–water partition coefficient (Wildman–Crippen LogP) is 4.03. The second kappa shape index (κ2) is 5.51. The van der Waals surface area contributed by atoms with E-state index in [2.05, 4.69) is 0 Å². The molecule has 0 aromatic heterocycles. The van der Waals surface area contributed by atoms with Crippen LogP contribution < -0.4 is 5.73 Å². The lowest BCUT2D eigenvalue weighted by atomic mass is 9.98. The Kier molecular flexibility index (Phi) is 4.00. The summed E-state index contributed by atoms with van der Waals surface area (Å²) >= 11 is 5.75. The highest BCUT2D eigenvalue weighted by molar-refractivity contribution is 6.30. The van der Waals surface area contributed by atoms with Crippen LogP contribution in [0.4, 0.5) is 4.39 Å². The zero-order valence-corrected chi connectivity index (χ0v) is 10.9. The summed E-state index contributed by atoms with van der Waals surface area (Å²) < 4.78 is 13.8. The van der Waals surface area contributed by atoms with Gasteiger partial charge in [-0.25, -0.2) is 4.39 Å². The molecule has 18 heavy (non-hydrogen) atoms. The van der Waals surface area contributed by atoms with Crippen LogP contribution in [0.2, 0.25) is 5.02 Å². The number of nitrogens with two attached hydrogens (primary N) is 1. The zero-order valence-electron chi connectivity index (χ0n) is 10.2. The fraction of sp³-hybridized carbons (Fsp3) is 0.200. The van der Waals surface area contributed by atoms with Gasteiger partial charge < -0.3 is 5.73 Å². The number of rotatable bonds is 3. The normalized spacial score (nSPS) is 12.4. The molecule has 0 bridgehead atoms. The topological polar surface area (TPSA) is 26.0 Å². The second-order valence-electron chi connectivity index (χ2n) is 4.44. The monoisotopic (exact) mass is 263 g/mol. The lowest BCUT2D eigenvalue weighted by molar-refractivity contribution is 0.593. The molecule has 2 N–H and O–H groups in total. The van der Waals surface area contributed by atoms with Crippen molar-refractivity contribution in [2.75, 3.05) is 0 Å². The van der Waals surface area contributed by atoms with Gasteiger partial charge in [0.05, 0.1) is 5.02 Å². The molecule has 2 rings (SSSR count). The minimum Gasteiger partial charge on any atom is -0.324 e. The highest BCUT2D eigenvalue weighted by Crippen LogP contribution is 2.23. The molecule has 3 heteroatoms. The van der Waals surface area contributed by atoms with Crippen molar-refractivity contribution in [2.45, 2.75) is 19.4 Å². The van der Waals surface area contributed by atoms with E-state index in [-0.39, 0.29) is 16.9 Å². The van der Waals surface area contributed by atoms with Crippen LogP contribution in [0.25, 0.3) is 0 Å². The van der Waals surface area contributed by atoms with Crippen molar-refractivity contribution in [2.24, 2.45) is 5.73 Å². The van der Waals surface area contributed by atoms with Crippen LogP contribution in [0, 0.1) is 12.7 Å². The summed E-state index contributed by atoms with van der Waals surface area (Å²) in [6, 6.07) is 12.7. The fourth-order valence-corrected chi connectivity index (χ4v) is 2.16. The molecule has 2 aromatic carbocycles. The minimum absolute atomic E-state index is 0.143. The van der Waals surface area contributed by atoms with E-state index in [4.69, 9.17) is 17.3 Å². The Labute approximate surface area is 111 Å². The van der Waals surface area contributed by atoms with E-state index < -0.39 is 0 Å². The van der Waals surface area contributed by atoms with Gasteiger partial charge in [-0.3, -0.25) is 0 Å². The van der Waals surface area contributed by atoms with Crippen LogP contribution in [-0.2, 0) is 6.42 Å². The van der Waals surface area contributed by atoms with Gasteiger partial charge in [0.15, 0.2) is 0 Å². The quantitative estimate of drug-likeness (QED) is 0.889. The fourth-order valence-electron chi connectivity index (χ4n) is 1.96. The third-order valence-corrected chi connectivity index (χ3v) is 3.23. The van der Waals surface area contributed by atoms with E-state index in [9.17, 15) is 4.39 Å². The smallest absolute Gasteiger partial charge is 0.145 e. The van der Waals surface area contributed by atoms with Gasteiger partial charge in [-0.1, -0.05) is 53.6 Å². The van der Waals surface area contributed by atoms with Gasteiger partial charge in [0.25, 0.3) is 0 Å². The van der Waals surface area contributed by atoms with Gasteiger partial charge in [0.1, 0.15) is 5.82 Å². The molecule has 1 unspecified atom stereocenters. The van der Waals surface area contributed by atoms with Crippen LogP contribution in [-0.4, -0.2) is 0 Å². The average molecular weight is 264 g/mol. The number of halogens is 2. The van der Waals surface area contributed by atoms with Crippen LogP contribution in [0.5, 0.6) is 0 Å². The van der Waals surface area contributed by atoms with Gasteiger partial charge in [-0.2, -0.15) is 0 Å². The Morgan fingerprint density at radius 2 is 1.94 bits per heavy atom. The predicted molar refractivity (Wildman–Crippen MR) is 73.2 cm³/mol. The summed E-state index contributed by atoms with van der Waals surface area (Å²) in [5.41, 5.74) is 8.81. The Bertz CT molecular complexity index is 554. The van der Waals surface area contributed by atoms with E-state index in [1.54, 1.807) is 18.2 Å². The second-order valence-corrected chi connectivity index (χ2v) is 4.84. The largest absolute Gasteiger partial charge is 0.324 e. The summed E-state index contributed by atoms with van der Waals surface area (Å²) in [4.78, 5) is 0. The highest BCUT2D eigenvalue weighted by Gasteiger charge is 2.12. The number of hydrogen-bond donors (Lipinski definition) is 1. The maximum atomic E-state index is 13.8. The molecule has 0 spiro atoms. The highest BCUT2D eigenvalue weighted by atomic mass is 35.5. The van der Waals surface area contributed by atoms with Gasteiger partial charge in [-0.15, -0.1) is 0 Å². The van der Waals surface area contributed by atoms with Gasteiger partial charge in [0, 0.05) is 6.04 Å². The first-order valence-electron chi connectivity index (χ1n) is 5.83. The molecule has 0 aliphatic carbocycles. The van der Waals surface area contributed by atoms with Crippen LogP contribution in [0.15, 0.2) is 42.5 Å². The zero-order chi connectivity index (χ0) is 13.1. The SMILES string of the molecule is Cc1cccc(C(N)Cc2cccc(Cl)c2F)c1. The lowest BCUT2D eigenvalue weighted by Gasteiger charge is -2.13. The minimum atomic E-state index is -0.373. The van der Waals surface area contributed by atoms with Crippen molar-refractivity contribution in [3.8, 4) is 0 Å². The molecule has 94 valence electrons. The molecular formula is C15H15ClFN. The summed E-state index contributed by atoms with van der Waals surface area (Å²) in [6.07, 6.45) is 0.440. The standard InChI is InChI=1S/C15H15ClFN/c1-10-4-2-5-11(8-10)14(18)9-12-6-3-7-13(16)15(12)17/h2-8,14H,9,18H2,1H3. The molecule has 0 aliphatic heterocycles. The van der Waals surface area contributed by atoms with E-state index >= 15 is 0 Å². The van der Waals surface area contributed by atoms with Crippen molar-refractivity contribution < 1.29 is 4.39 Å². The first-order chi connectivity index (χ1) is 8.58. The average Bonchev–Trinajstić information content (AvgIpc) is 2.35. The van der Waals surface area contributed by atoms with Crippen molar-refractivity contribution in [3.63, 3.8) is 0 Å². The first-order valence-corrected chi connectivity index (χ1v) is 6.21. The van der Waals surface area contributed by atoms with Crippen LogP contribution in [0.3, 0.4) is 0 Å². The van der Waals surface area contributed by atoms with Crippen molar-refractivity contribution in [3.05, 3.63) is 70.0 Å². The maximum Gasteiger partial charge on any atom is 0.145 e. The van der Waals surface area contributed by atoms with E-state index in [1.807, 2.05) is 31.2 Å². The van der Waals surface area contributed by atoms with Gasteiger partial charge >= 0.3 is 0 Å². The Morgan fingerprint density at radius 1 is 1.22 bits per heavy atom. The van der Waals surface area contributed by atoms with E-state index in [0.29, 0.717) is 12.0 Å². The first kappa shape index (κ1) is 13.1. The van der Waals surface area contributed by atoms with Gasteiger partial charge in [0.2, 0.25) is 0 Å². The van der Waals surface area contributed by atoms with Crippen LogP contribution >= 0.6 is 11.6 Å². The molecule has 0 heterocycles. The summed E-state index contributed by atoms with van der Waals surface area (Å²) in [5, 5.41) is 0.143. The molecule has 0 saturated carbocycles. The summed E-state index contributed by atoms with van der Waals surface area (Å²) in [6.45, 7) is 2.01. The molecule has 0 aliphatic rings. The molecule has 1 nitrogen and oxygen atoms in total. The lowest BCUT2D eigenvalue weighted by Crippen LogP contribution is -2.14. The number of benzene rings is 2. The number of hydrogen-bond acceptors (Lipinski definition) is 1. The Morgan fingerprint density at radius 3 is 2.67 bits per heavy atom. The molecule has 1 atom stereocenters. The Hall–Kier alpha value is -1.38. The molecule has 0 saturated heterocycles. The summed E-state index contributed by atoms with van der Waals surface area (Å²) in [5.74, 6) is -0.373. The van der Waals surface area contributed by atoms with E-state index in [0.717, 1.165) is 11.1 Å². The van der Waals surface area contributed by atoms with Crippen molar-refractivity contribution in [1.29, 1.82) is 0 Å². The maximum absolute atomic E-state index is 13.8. The number of aryl methyl sites for hydroxylation is 1. The van der Waals surface area contributed by atoms with Crippen LogP contribution in [0.1, 0.15) is 22.7 Å². The third kappa shape index (κ3) is 2.89. The van der Waals surface area contributed by atoms with Gasteiger partial charge in [-0.05, 0) is 30.5 Å². The molecule has 0 radical (unpaired) electrons. The molecule has 0 fully saturated rings.